The fourth-order valence-corrected chi connectivity index (χ4v) is 1.54. The lowest BCUT2D eigenvalue weighted by Gasteiger charge is -1.89. The Morgan fingerprint density at radius 2 is 2.33 bits per heavy atom. The highest BCUT2D eigenvalue weighted by atomic mass is 16.3. The van der Waals surface area contributed by atoms with Crippen molar-refractivity contribution in [2.45, 2.75) is 26.7 Å². The summed E-state index contributed by atoms with van der Waals surface area (Å²) in [6, 6.07) is 2.04. The number of aryl methyl sites for hydroxylation is 2. The summed E-state index contributed by atoms with van der Waals surface area (Å²) in [6.45, 7) is 4.22. The fraction of sp³-hybridized carbons (Fsp3) is 0.400. The van der Waals surface area contributed by atoms with Gasteiger partial charge in [0.15, 0.2) is 5.58 Å². The van der Waals surface area contributed by atoms with Crippen molar-refractivity contribution in [1.29, 1.82) is 0 Å². The number of fused-ring (bicyclic) bond motifs is 1. The number of aromatic amines is 1. The molecule has 64 valence electrons. The number of aromatic nitrogens is 1. The zero-order valence-electron chi connectivity index (χ0n) is 7.48. The molecule has 2 aromatic rings. The zero-order valence-corrected chi connectivity index (χ0v) is 7.48. The monoisotopic (exact) mass is 163 g/mol. The van der Waals surface area contributed by atoms with E-state index in [1.807, 2.05) is 19.3 Å². The molecule has 2 aromatic heterocycles. The van der Waals surface area contributed by atoms with Crippen LogP contribution in [0.4, 0.5) is 0 Å². The first-order valence-electron chi connectivity index (χ1n) is 4.37. The Balaban J connectivity index is 2.53. The first-order chi connectivity index (χ1) is 5.81. The van der Waals surface area contributed by atoms with Gasteiger partial charge in [0.1, 0.15) is 0 Å². The predicted molar refractivity (Wildman–Crippen MR) is 49.3 cm³/mol. The number of H-pyrrole nitrogens is 1. The first-order valence-corrected chi connectivity index (χ1v) is 4.37. The molecule has 1 N–H and O–H groups in total. The predicted octanol–water partition coefficient (Wildman–Crippen LogP) is 3.02. The van der Waals surface area contributed by atoms with Crippen molar-refractivity contribution in [2.24, 2.45) is 0 Å². The molecule has 0 saturated carbocycles. The van der Waals surface area contributed by atoms with Gasteiger partial charge in [0.2, 0.25) is 0 Å². The van der Waals surface area contributed by atoms with E-state index in [0.29, 0.717) is 0 Å². The van der Waals surface area contributed by atoms with Crippen LogP contribution in [0, 0.1) is 6.92 Å². The standard InChI is InChI=1S/C10H13NO/c1-3-4-8-6-12-9-5-7(2)11-10(8)9/h5-6,11H,3-4H2,1-2H3. The summed E-state index contributed by atoms with van der Waals surface area (Å²) in [7, 11) is 0. The smallest absolute Gasteiger partial charge is 0.152 e. The lowest BCUT2D eigenvalue weighted by Crippen LogP contribution is -1.79. The minimum Gasteiger partial charge on any atom is -0.462 e. The van der Waals surface area contributed by atoms with Crippen LogP contribution in [-0.4, -0.2) is 4.98 Å². The molecule has 0 atom stereocenters. The largest absolute Gasteiger partial charge is 0.462 e. The third kappa shape index (κ3) is 1.04. The van der Waals surface area contributed by atoms with Crippen LogP contribution in [0.15, 0.2) is 16.7 Å². The minimum atomic E-state index is 0.982. The van der Waals surface area contributed by atoms with Crippen molar-refractivity contribution >= 4 is 11.1 Å². The lowest BCUT2D eigenvalue weighted by molar-refractivity contribution is 0.610. The number of hydrogen-bond acceptors (Lipinski definition) is 1. The molecule has 0 aliphatic rings. The molecule has 0 spiro atoms. The van der Waals surface area contributed by atoms with Crippen molar-refractivity contribution < 1.29 is 4.42 Å². The molecule has 0 fully saturated rings. The molecule has 0 aliphatic heterocycles. The molecule has 0 unspecified atom stereocenters. The average Bonchev–Trinajstić information content (AvgIpc) is 2.52. The van der Waals surface area contributed by atoms with Gasteiger partial charge in [-0.1, -0.05) is 13.3 Å². The normalized spacial score (nSPS) is 11.2. The van der Waals surface area contributed by atoms with Crippen molar-refractivity contribution in [1.82, 2.24) is 4.98 Å². The van der Waals surface area contributed by atoms with Crippen LogP contribution in [0.3, 0.4) is 0 Å². The molecular formula is C10H13NO. The van der Waals surface area contributed by atoms with Gasteiger partial charge in [-0.05, 0) is 13.3 Å². The number of furan rings is 1. The highest BCUT2D eigenvalue weighted by Gasteiger charge is 2.06. The maximum Gasteiger partial charge on any atom is 0.152 e. The van der Waals surface area contributed by atoms with Crippen molar-refractivity contribution in [3.63, 3.8) is 0 Å². The third-order valence-corrected chi connectivity index (χ3v) is 2.08. The maximum absolute atomic E-state index is 5.39. The molecule has 2 heteroatoms. The van der Waals surface area contributed by atoms with Crippen LogP contribution in [0.5, 0.6) is 0 Å². The van der Waals surface area contributed by atoms with Crippen LogP contribution >= 0.6 is 0 Å². The molecule has 12 heavy (non-hydrogen) atoms. The molecule has 0 aromatic carbocycles. The van der Waals surface area contributed by atoms with Gasteiger partial charge in [-0.3, -0.25) is 0 Å². The van der Waals surface area contributed by atoms with Crippen molar-refractivity contribution in [3.8, 4) is 0 Å². The van der Waals surface area contributed by atoms with Crippen LogP contribution in [0.25, 0.3) is 11.1 Å². The maximum atomic E-state index is 5.39. The van der Waals surface area contributed by atoms with Gasteiger partial charge in [-0.2, -0.15) is 0 Å². The number of rotatable bonds is 2. The van der Waals surface area contributed by atoms with Crippen LogP contribution in [0.1, 0.15) is 24.6 Å². The van der Waals surface area contributed by atoms with Gasteiger partial charge in [-0.25, -0.2) is 0 Å². The van der Waals surface area contributed by atoms with Crippen LogP contribution in [0.2, 0.25) is 0 Å². The Kier molecular flexibility index (Phi) is 1.68. The minimum absolute atomic E-state index is 0.982. The Morgan fingerprint density at radius 1 is 1.50 bits per heavy atom. The van der Waals surface area contributed by atoms with E-state index in [4.69, 9.17) is 4.42 Å². The molecule has 0 radical (unpaired) electrons. The van der Waals surface area contributed by atoms with E-state index in [1.54, 1.807) is 0 Å². The molecule has 0 amide bonds. The Morgan fingerprint density at radius 3 is 3.08 bits per heavy atom. The van der Waals surface area contributed by atoms with E-state index in [0.717, 1.165) is 18.4 Å². The van der Waals surface area contributed by atoms with E-state index in [1.165, 1.54) is 16.8 Å². The van der Waals surface area contributed by atoms with E-state index < -0.39 is 0 Å². The van der Waals surface area contributed by atoms with Gasteiger partial charge in [-0.15, -0.1) is 0 Å². The van der Waals surface area contributed by atoms with E-state index in [9.17, 15) is 0 Å². The van der Waals surface area contributed by atoms with Gasteiger partial charge >= 0.3 is 0 Å². The van der Waals surface area contributed by atoms with Gasteiger partial charge in [0.05, 0.1) is 11.8 Å². The molecule has 0 aliphatic carbocycles. The fourth-order valence-electron chi connectivity index (χ4n) is 1.54. The third-order valence-electron chi connectivity index (χ3n) is 2.08. The van der Waals surface area contributed by atoms with Crippen LogP contribution < -0.4 is 0 Å². The highest BCUT2D eigenvalue weighted by molar-refractivity contribution is 5.78. The summed E-state index contributed by atoms with van der Waals surface area (Å²) >= 11 is 0. The number of nitrogens with one attached hydrogen (secondary N) is 1. The Hall–Kier alpha value is -1.18. The van der Waals surface area contributed by atoms with Crippen molar-refractivity contribution in [3.05, 3.63) is 23.6 Å². The molecular weight excluding hydrogens is 150 g/mol. The average molecular weight is 163 g/mol. The summed E-state index contributed by atoms with van der Waals surface area (Å²) in [5, 5.41) is 0. The molecule has 2 nitrogen and oxygen atoms in total. The van der Waals surface area contributed by atoms with Crippen LogP contribution in [-0.2, 0) is 6.42 Å². The Bertz CT molecular complexity index is 383. The molecule has 0 bridgehead atoms. The first kappa shape index (κ1) is 7.47. The van der Waals surface area contributed by atoms with E-state index >= 15 is 0 Å². The van der Waals surface area contributed by atoms with Gasteiger partial charge in [0.25, 0.3) is 0 Å². The van der Waals surface area contributed by atoms with Crippen molar-refractivity contribution in [2.75, 3.05) is 0 Å². The SMILES string of the molecule is CCCc1coc2cc(C)[nH]c12. The summed E-state index contributed by atoms with van der Waals surface area (Å²) in [5.41, 5.74) is 4.62. The highest BCUT2D eigenvalue weighted by Crippen LogP contribution is 2.22. The second-order valence-electron chi connectivity index (χ2n) is 3.20. The second-order valence-corrected chi connectivity index (χ2v) is 3.20. The molecule has 2 heterocycles. The molecule has 2 rings (SSSR count). The zero-order chi connectivity index (χ0) is 8.55. The number of hydrogen-bond donors (Lipinski definition) is 1. The second kappa shape index (κ2) is 2.70. The van der Waals surface area contributed by atoms with Gasteiger partial charge < -0.3 is 9.40 Å². The summed E-state index contributed by atoms with van der Waals surface area (Å²) in [4.78, 5) is 3.30. The summed E-state index contributed by atoms with van der Waals surface area (Å²) in [5.74, 6) is 0. The summed E-state index contributed by atoms with van der Waals surface area (Å²) in [6.07, 6.45) is 4.10. The van der Waals surface area contributed by atoms with E-state index in [2.05, 4.69) is 11.9 Å². The Labute approximate surface area is 71.6 Å². The topological polar surface area (TPSA) is 28.9 Å². The molecule has 0 saturated heterocycles. The van der Waals surface area contributed by atoms with Gasteiger partial charge in [0, 0.05) is 17.3 Å². The van der Waals surface area contributed by atoms with E-state index in [-0.39, 0.29) is 0 Å². The summed E-state index contributed by atoms with van der Waals surface area (Å²) < 4.78 is 5.39. The quantitative estimate of drug-likeness (QED) is 0.724. The lowest BCUT2D eigenvalue weighted by atomic mass is 10.2.